The minimum atomic E-state index is -1.27. The van der Waals surface area contributed by atoms with Gasteiger partial charge in [-0.1, -0.05) is 64.0 Å². The van der Waals surface area contributed by atoms with Crippen molar-refractivity contribution in [3.05, 3.63) is 35.4 Å². The molecule has 1 rings (SSSR count). The average Bonchev–Trinajstić information content (AvgIpc) is 2.26. The van der Waals surface area contributed by atoms with Crippen LogP contribution in [-0.4, -0.2) is 8.07 Å². The zero-order valence-corrected chi connectivity index (χ0v) is 13.5. The summed E-state index contributed by atoms with van der Waals surface area (Å²) in [5.41, 5.74) is 6.13. The molecule has 1 aromatic carbocycles. The highest BCUT2D eigenvalue weighted by Gasteiger charge is 2.08. The minimum Gasteiger partial charge on any atom is -0.127 e. The Bertz CT molecular complexity index is 427. The monoisotopic (exact) mass is 258 g/mol. The molecular formula is C17H26Si. The highest BCUT2D eigenvalue weighted by molar-refractivity contribution is 6.83. The first-order valence-electron chi connectivity index (χ1n) is 6.99. The van der Waals surface area contributed by atoms with E-state index in [0.29, 0.717) is 0 Å². The molecule has 0 fully saturated rings. The van der Waals surface area contributed by atoms with E-state index in [1.807, 2.05) is 0 Å². The Morgan fingerprint density at radius 1 is 1.11 bits per heavy atom. The van der Waals surface area contributed by atoms with Crippen molar-refractivity contribution in [3.8, 4) is 11.5 Å². The lowest BCUT2D eigenvalue weighted by Crippen LogP contribution is -2.16. The lowest BCUT2D eigenvalue weighted by Gasteiger charge is -2.08. The summed E-state index contributed by atoms with van der Waals surface area (Å²) in [5, 5.41) is 0. The van der Waals surface area contributed by atoms with Crippen molar-refractivity contribution in [1.29, 1.82) is 0 Å². The van der Waals surface area contributed by atoms with Crippen LogP contribution in [0.5, 0.6) is 0 Å². The number of hydrogen-bond donors (Lipinski definition) is 0. The highest BCUT2D eigenvalue weighted by Crippen LogP contribution is 2.14. The van der Waals surface area contributed by atoms with Gasteiger partial charge >= 0.3 is 0 Å². The maximum atomic E-state index is 3.47. The summed E-state index contributed by atoms with van der Waals surface area (Å²) >= 11 is 0. The molecule has 98 valence electrons. The lowest BCUT2D eigenvalue weighted by molar-refractivity contribution is 0.555. The zero-order valence-electron chi connectivity index (χ0n) is 12.5. The van der Waals surface area contributed by atoms with Gasteiger partial charge in [-0.15, -0.1) is 5.54 Å². The number of rotatable bonds is 4. The van der Waals surface area contributed by atoms with E-state index in [1.54, 1.807) is 0 Å². The van der Waals surface area contributed by atoms with Crippen molar-refractivity contribution in [2.75, 3.05) is 0 Å². The van der Waals surface area contributed by atoms with Crippen LogP contribution in [0, 0.1) is 17.4 Å². The molecule has 0 radical (unpaired) electrons. The molecule has 0 bridgehead atoms. The number of aryl methyl sites for hydroxylation is 1. The second-order valence-electron chi connectivity index (χ2n) is 6.44. The lowest BCUT2D eigenvalue weighted by atomic mass is 9.99. The standard InChI is InChI=1S/C17H26Si/c1-15(2)9-8-12-16-10-6-7-11-17(16)13-14-18(3,4)5/h6-7,10-11,15H,8-9,12H2,1-5H3. The first-order chi connectivity index (χ1) is 8.38. The molecule has 0 atom stereocenters. The zero-order chi connectivity index (χ0) is 13.6. The van der Waals surface area contributed by atoms with Gasteiger partial charge in [-0.2, -0.15) is 0 Å². The van der Waals surface area contributed by atoms with Crippen LogP contribution in [-0.2, 0) is 6.42 Å². The summed E-state index contributed by atoms with van der Waals surface area (Å²) in [4.78, 5) is 0. The fourth-order valence-corrected chi connectivity index (χ4v) is 2.33. The molecule has 1 aromatic rings. The topological polar surface area (TPSA) is 0 Å². The van der Waals surface area contributed by atoms with Gasteiger partial charge in [-0.3, -0.25) is 0 Å². The summed E-state index contributed by atoms with van der Waals surface area (Å²) < 4.78 is 0. The van der Waals surface area contributed by atoms with Crippen LogP contribution in [0.4, 0.5) is 0 Å². The largest absolute Gasteiger partial charge is 0.129 e. The smallest absolute Gasteiger partial charge is 0.127 e. The molecule has 0 saturated carbocycles. The van der Waals surface area contributed by atoms with E-state index in [-0.39, 0.29) is 0 Å². The third kappa shape index (κ3) is 6.07. The predicted molar refractivity (Wildman–Crippen MR) is 84.4 cm³/mol. The van der Waals surface area contributed by atoms with Crippen molar-refractivity contribution in [2.45, 2.75) is 52.8 Å². The first-order valence-corrected chi connectivity index (χ1v) is 10.5. The van der Waals surface area contributed by atoms with Crippen molar-refractivity contribution < 1.29 is 0 Å². The molecule has 0 N–H and O–H groups in total. The van der Waals surface area contributed by atoms with Crippen molar-refractivity contribution in [3.63, 3.8) is 0 Å². The summed E-state index contributed by atoms with van der Waals surface area (Å²) in [6.07, 6.45) is 3.73. The second-order valence-corrected chi connectivity index (χ2v) is 11.2. The molecular weight excluding hydrogens is 232 g/mol. The van der Waals surface area contributed by atoms with Crippen LogP contribution in [0.15, 0.2) is 24.3 Å². The number of hydrogen-bond acceptors (Lipinski definition) is 0. The van der Waals surface area contributed by atoms with Crippen molar-refractivity contribution >= 4 is 8.07 Å². The van der Waals surface area contributed by atoms with E-state index in [2.05, 4.69) is 69.2 Å². The molecule has 0 heterocycles. The molecule has 0 nitrogen and oxygen atoms in total. The van der Waals surface area contributed by atoms with E-state index in [4.69, 9.17) is 0 Å². The van der Waals surface area contributed by atoms with Crippen LogP contribution < -0.4 is 0 Å². The van der Waals surface area contributed by atoms with E-state index >= 15 is 0 Å². The molecule has 0 saturated heterocycles. The van der Waals surface area contributed by atoms with E-state index in [0.717, 1.165) is 12.3 Å². The molecule has 0 amide bonds. The van der Waals surface area contributed by atoms with Crippen molar-refractivity contribution in [1.82, 2.24) is 0 Å². The van der Waals surface area contributed by atoms with Crippen LogP contribution >= 0.6 is 0 Å². The van der Waals surface area contributed by atoms with Gasteiger partial charge in [0, 0.05) is 5.56 Å². The Morgan fingerprint density at radius 3 is 2.39 bits per heavy atom. The maximum Gasteiger partial charge on any atom is 0.129 e. The Labute approximate surface area is 114 Å². The van der Waals surface area contributed by atoms with Gasteiger partial charge in [0.25, 0.3) is 0 Å². The highest BCUT2D eigenvalue weighted by atomic mass is 28.3. The molecule has 18 heavy (non-hydrogen) atoms. The third-order valence-corrected chi connectivity index (χ3v) is 3.69. The van der Waals surface area contributed by atoms with Gasteiger partial charge in [-0.05, 0) is 30.4 Å². The molecule has 0 aliphatic carbocycles. The molecule has 0 spiro atoms. The first kappa shape index (κ1) is 15.1. The van der Waals surface area contributed by atoms with Crippen LogP contribution in [0.1, 0.15) is 37.8 Å². The Hall–Kier alpha value is -1.00. The summed E-state index contributed by atoms with van der Waals surface area (Å²) in [6, 6.07) is 8.62. The summed E-state index contributed by atoms with van der Waals surface area (Å²) in [5.74, 6) is 4.20. The van der Waals surface area contributed by atoms with Gasteiger partial charge in [0.2, 0.25) is 0 Å². The Morgan fingerprint density at radius 2 is 1.78 bits per heavy atom. The quantitative estimate of drug-likeness (QED) is 0.532. The Balaban J connectivity index is 2.76. The predicted octanol–water partition coefficient (Wildman–Crippen LogP) is 4.89. The molecule has 0 aliphatic rings. The molecule has 0 aliphatic heterocycles. The maximum absolute atomic E-state index is 3.47. The van der Waals surface area contributed by atoms with Crippen molar-refractivity contribution in [2.24, 2.45) is 5.92 Å². The van der Waals surface area contributed by atoms with Crippen LogP contribution in [0.2, 0.25) is 19.6 Å². The van der Waals surface area contributed by atoms with Gasteiger partial charge in [0.05, 0.1) is 0 Å². The van der Waals surface area contributed by atoms with Gasteiger partial charge in [0.1, 0.15) is 8.07 Å². The second kappa shape index (κ2) is 6.80. The summed E-state index contributed by atoms with van der Waals surface area (Å²) in [7, 11) is -1.27. The normalized spacial score (nSPS) is 11.2. The molecule has 1 heteroatoms. The number of benzene rings is 1. The van der Waals surface area contributed by atoms with E-state index in [1.165, 1.54) is 24.0 Å². The Kier molecular flexibility index (Phi) is 5.69. The SMILES string of the molecule is CC(C)CCCc1ccccc1C#C[Si](C)(C)C. The molecule has 0 unspecified atom stereocenters. The van der Waals surface area contributed by atoms with Crippen LogP contribution in [0.3, 0.4) is 0 Å². The molecule has 0 aromatic heterocycles. The van der Waals surface area contributed by atoms with E-state index < -0.39 is 8.07 Å². The van der Waals surface area contributed by atoms with Crippen LogP contribution in [0.25, 0.3) is 0 Å². The summed E-state index contributed by atoms with van der Waals surface area (Å²) in [6.45, 7) is 11.5. The van der Waals surface area contributed by atoms with Gasteiger partial charge in [-0.25, -0.2) is 0 Å². The fourth-order valence-electron chi connectivity index (χ4n) is 1.82. The van der Waals surface area contributed by atoms with E-state index in [9.17, 15) is 0 Å². The fraction of sp³-hybridized carbons (Fsp3) is 0.529. The van der Waals surface area contributed by atoms with Gasteiger partial charge < -0.3 is 0 Å². The average molecular weight is 258 g/mol. The third-order valence-electron chi connectivity index (χ3n) is 2.82. The van der Waals surface area contributed by atoms with Gasteiger partial charge in [0.15, 0.2) is 0 Å². The minimum absolute atomic E-state index is 0.797.